The average molecular weight is 344 g/mol. The normalized spacial score (nSPS) is 18.2. The fourth-order valence-corrected chi connectivity index (χ4v) is 2.99. The molecule has 7 heteroatoms. The largest absolute Gasteiger partial charge is 0.491 e. The van der Waals surface area contributed by atoms with Gasteiger partial charge in [-0.25, -0.2) is 4.79 Å². The van der Waals surface area contributed by atoms with Crippen molar-refractivity contribution in [1.82, 2.24) is 20.4 Å². The molecule has 2 amide bonds. The lowest BCUT2D eigenvalue weighted by atomic mass is 10.2. The van der Waals surface area contributed by atoms with Gasteiger partial charge in [0.05, 0.1) is 12.1 Å². The van der Waals surface area contributed by atoms with E-state index < -0.39 is 0 Å². The molecule has 7 nitrogen and oxygen atoms in total. The van der Waals surface area contributed by atoms with E-state index in [1.807, 2.05) is 38.1 Å². The van der Waals surface area contributed by atoms with E-state index in [4.69, 9.17) is 9.26 Å². The van der Waals surface area contributed by atoms with E-state index in [2.05, 4.69) is 15.5 Å². The van der Waals surface area contributed by atoms with E-state index >= 15 is 0 Å². The van der Waals surface area contributed by atoms with E-state index in [1.54, 1.807) is 11.8 Å². The molecule has 0 aliphatic carbocycles. The Bertz CT molecular complexity index is 731. The van der Waals surface area contributed by atoms with Crippen molar-refractivity contribution in [3.05, 3.63) is 41.5 Å². The Kier molecular flexibility index (Phi) is 5.21. The number of aryl methyl sites for hydroxylation is 2. The van der Waals surface area contributed by atoms with Crippen molar-refractivity contribution >= 4 is 6.03 Å². The van der Waals surface area contributed by atoms with Crippen LogP contribution < -0.4 is 10.1 Å². The minimum Gasteiger partial charge on any atom is -0.491 e. The fourth-order valence-electron chi connectivity index (χ4n) is 2.99. The molecular formula is C18H24N4O3. The predicted octanol–water partition coefficient (Wildman–Crippen LogP) is 3.00. The maximum absolute atomic E-state index is 12.6. The zero-order chi connectivity index (χ0) is 17.8. The van der Waals surface area contributed by atoms with Crippen LogP contribution in [0.15, 0.2) is 28.8 Å². The maximum Gasteiger partial charge on any atom is 0.318 e. The summed E-state index contributed by atoms with van der Waals surface area (Å²) in [6.07, 6.45) is 1.78. The molecule has 1 fully saturated rings. The minimum atomic E-state index is -0.123. The first-order valence-corrected chi connectivity index (χ1v) is 8.60. The monoisotopic (exact) mass is 344 g/mol. The Labute approximate surface area is 147 Å². The number of nitrogens with one attached hydrogen (secondary N) is 1. The van der Waals surface area contributed by atoms with Crippen molar-refractivity contribution in [2.75, 3.05) is 13.2 Å². The Balaban J connectivity index is 1.54. The number of hydrogen-bond donors (Lipinski definition) is 1. The summed E-state index contributed by atoms with van der Waals surface area (Å²) in [4.78, 5) is 18.6. The van der Waals surface area contributed by atoms with E-state index in [-0.39, 0.29) is 18.1 Å². The second-order valence-corrected chi connectivity index (χ2v) is 6.50. The van der Waals surface area contributed by atoms with Crippen molar-refractivity contribution in [3.8, 4) is 5.75 Å². The summed E-state index contributed by atoms with van der Waals surface area (Å²) in [6.45, 7) is 6.80. The molecule has 1 aliphatic heterocycles. The minimum absolute atomic E-state index is 0.110. The van der Waals surface area contributed by atoms with Crippen LogP contribution in [0.5, 0.6) is 5.75 Å². The Morgan fingerprint density at radius 1 is 1.48 bits per heavy atom. The van der Waals surface area contributed by atoms with Crippen LogP contribution >= 0.6 is 0 Å². The van der Waals surface area contributed by atoms with Crippen molar-refractivity contribution in [2.24, 2.45) is 0 Å². The average Bonchev–Trinajstić information content (AvgIpc) is 3.21. The molecule has 2 aromatic rings. The zero-order valence-corrected chi connectivity index (χ0v) is 14.9. The number of benzene rings is 1. The molecule has 1 N–H and O–H groups in total. The smallest absolute Gasteiger partial charge is 0.318 e. The molecule has 1 aromatic heterocycles. The summed E-state index contributed by atoms with van der Waals surface area (Å²) >= 11 is 0. The summed E-state index contributed by atoms with van der Waals surface area (Å²) in [7, 11) is 0. The third-order valence-corrected chi connectivity index (χ3v) is 4.21. The number of rotatable bonds is 5. The number of aromatic nitrogens is 2. The summed E-state index contributed by atoms with van der Waals surface area (Å²) in [5, 5.41) is 6.95. The maximum atomic E-state index is 12.6. The number of ether oxygens (including phenoxy) is 1. The van der Waals surface area contributed by atoms with Gasteiger partial charge in [-0.05, 0) is 44.4 Å². The molecule has 134 valence electrons. The van der Waals surface area contributed by atoms with E-state index in [0.717, 1.165) is 24.2 Å². The number of urea groups is 1. The number of hydrogen-bond acceptors (Lipinski definition) is 5. The van der Waals surface area contributed by atoms with Gasteiger partial charge in [0.15, 0.2) is 5.82 Å². The highest BCUT2D eigenvalue weighted by molar-refractivity contribution is 5.75. The molecule has 0 radical (unpaired) electrons. The first-order valence-electron chi connectivity index (χ1n) is 8.60. The van der Waals surface area contributed by atoms with Gasteiger partial charge in [0.25, 0.3) is 0 Å². The zero-order valence-electron chi connectivity index (χ0n) is 14.9. The molecule has 0 bridgehead atoms. The van der Waals surface area contributed by atoms with Gasteiger partial charge in [-0.2, -0.15) is 4.98 Å². The molecule has 1 aromatic carbocycles. The fraction of sp³-hybridized carbons (Fsp3) is 0.500. The second kappa shape index (κ2) is 7.55. The van der Waals surface area contributed by atoms with Gasteiger partial charge in [0.1, 0.15) is 12.4 Å². The van der Waals surface area contributed by atoms with Gasteiger partial charge in [-0.1, -0.05) is 17.3 Å². The van der Waals surface area contributed by atoms with Crippen LogP contribution in [0.2, 0.25) is 0 Å². The number of carbonyl (C=O) groups excluding carboxylic acids is 1. The number of nitrogens with zero attached hydrogens (tertiary/aromatic N) is 3. The topological polar surface area (TPSA) is 80.5 Å². The van der Waals surface area contributed by atoms with Gasteiger partial charge in [0, 0.05) is 13.5 Å². The lowest BCUT2D eigenvalue weighted by Gasteiger charge is -2.25. The van der Waals surface area contributed by atoms with E-state index in [1.165, 1.54) is 0 Å². The lowest BCUT2D eigenvalue weighted by molar-refractivity contribution is 0.180. The van der Waals surface area contributed by atoms with Gasteiger partial charge in [0.2, 0.25) is 5.89 Å². The van der Waals surface area contributed by atoms with E-state index in [0.29, 0.717) is 24.9 Å². The standard InChI is InChI=1S/C18H24N4O3/c1-12-6-4-7-15(10-12)24-11-13(2)19-18(23)22-9-5-8-16(22)17-20-14(3)25-21-17/h4,6-7,10,13,16H,5,8-9,11H2,1-3H3,(H,19,23)/t13-,16-/m1/s1. The molecule has 2 heterocycles. The summed E-state index contributed by atoms with van der Waals surface area (Å²) in [6, 6.07) is 7.51. The first-order chi connectivity index (χ1) is 12.0. The highest BCUT2D eigenvalue weighted by atomic mass is 16.5. The van der Waals surface area contributed by atoms with Gasteiger partial charge in [-0.3, -0.25) is 0 Å². The molecular weight excluding hydrogens is 320 g/mol. The van der Waals surface area contributed by atoms with Crippen molar-refractivity contribution in [3.63, 3.8) is 0 Å². The van der Waals surface area contributed by atoms with Crippen LogP contribution in [-0.4, -0.2) is 40.3 Å². The predicted molar refractivity (Wildman–Crippen MR) is 92.4 cm³/mol. The third kappa shape index (κ3) is 4.29. The Hall–Kier alpha value is -2.57. The molecule has 3 rings (SSSR count). The number of amides is 2. The van der Waals surface area contributed by atoms with Gasteiger partial charge >= 0.3 is 6.03 Å². The third-order valence-electron chi connectivity index (χ3n) is 4.21. The lowest BCUT2D eigenvalue weighted by Crippen LogP contribution is -2.45. The van der Waals surface area contributed by atoms with Gasteiger partial charge in [-0.15, -0.1) is 0 Å². The highest BCUT2D eigenvalue weighted by Gasteiger charge is 2.33. The van der Waals surface area contributed by atoms with Crippen LogP contribution in [-0.2, 0) is 0 Å². The summed E-state index contributed by atoms with van der Waals surface area (Å²) in [5.74, 6) is 1.90. The second-order valence-electron chi connectivity index (χ2n) is 6.50. The van der Waals surface area contributed by atoms with Crippen LogP contribution in [0.3, 0.4) is 0 Å². The number of likely N-dealkylation sites (tertiary alicyclic amines) is 1. The molecule has 0 saturated carbocycles. The van der Waals surface area contributed by atoms with Crippen LogP contribution in [0.1, 0.15) is 43.1 Å². The first kappa shape index (κ1) is 17.3. The summed E-state index contributed by atoms with van der Waals surface area (Å²) < 4.78 is 10.8. The molecule has 1 aliphatic rings. The molecule has 0 unspecified atom stereocenters. The van der Waals surface area contributed by atoms with Crippen LogP contribution in [0, 0.1) is 13.8 Å². The van der Waals surface area contributed by atoms with Crippen LogP contribution in [0.4, 0.5) is 4.79 Å². The van der Waals surface area contributed by atoms with E-state index in [9.17, 15) is 4.79 Å². The molecule has 25 heavy (non-hydrogen) atoms. The van der Waals surface area contributed by atoms with Crippen molar-refractivity contribution in [2.45, 2.75) is 45.7 Å². The van der Waals surface area contributed by atoms with Crippen LogP contribution in [0.25, 0.3) is 0 Å². The highest BCUT2D eigenvalue weighted by Crippen LogP contribution is 2.30. The molecule has 2 atom stereocenters. The Morgan fingerprint density at radius 3 is 3.04 bits per heavy atom. The quantitative estimate of drug-likeness (QED) is 0.902. The molecule has 1 saturated heterocycles. The van der Waals surface area contributed by atoms with Crippen molar-refractivity contribution < 1.29 is 14.1 Å². The summed E-state index contributed by atoms with van der Waals surface area (Å²) in [5.41, 5.74) is 1.14. The van der Waals surface area contributed by atoms with Crippen molar-refractivity contribution in [1.29, 1.82) is 0 Å². The Morgan fingerprint density at radius 2 is 2.32 bits per heavy atom. The number of carbonyl (C=O) groups is 1. The van der Waals surface area contributed by atoms with Gasteiger partial charge < -0.3 is 19.5 Å². The SMILES string of the molecule is Cc1cccc(OC[C@@H](C)NC(=O)N2CCC[C@@H]2c2noc(C)n2)c1. The molecule has 0 spiro atoms.